The van der Waals surface area contributed by atoms with Gasteiger partial charge in [-0.25, -0.2) is 9.36 Å². The zero-order chi connectivity index (χ0) is 20.1. The van der Waals surface area contributed by atoms with Gasteiger partial charge < -0.3 is 10.1 Å². The Hall–Kier alpha value is -3.30. The second-order valence-electron chi connectivity index (χ2n) is 6.71. The second kappa shape index (κ2) is 8.80. The molecule has 9 heteroatoms. The van der Waals surface area contributed by atoms with Crippen LogP contribution in [0.4, 0.5) is 5.69 Å². The predicted octanol–water partition coefficient (Wildman–Crippen LogP) is 1.37. The average molecular weight is 395 g/mol. The number of benzene rings is 1. The molecule has 1 aliphatic heterocycles. The predicted molar refractivity (Wildman–Crippen MR) is 105 cm³/mol. The van der Waals surface area contributed by atoms with Gasteiger partial charge in [0.1, 0.15) is 12.2 Å². The van der Waals surface area contributed by atoms with Crippen molar-refractivity contribution in [2.75, 3.05) is 31.6 Å². The van der Waals surface area contributed by atoms with Crippen LogP contribution in [0, 0.1) is 0 Å². The van der Waals surface area contributed by atoms with Gasteiger partial charge in [0, 0.05) is 31.5 Å². The van der Waals surface area contributed by atoms with Crippen LogP contribution in [-0.2, 0) is 22.6 Å². The number of morpholine rings is 1. The summed E-state index contributed by atoms with van der Waals surface area (Å²) in [6, 6.07) is 12.9. The smallest absolute Gasteiger partial charge is 0.379 e. The van der Waals surface area contributed by atoms with Crippen molar-refractivity contribution in [1.82, 2.24) is 19.6 Å². The van der Waals surface area contributed by atoms with Crippen molar-refractivity contribution in [2.24, 2.45) is 0 Å². The standard InChI is InChI=1S/C20H21N5O4/c26-18(14-25-19(23-29-20(25)27)17-3-1-2-8-21-17)22-16-6-4-15(5-7-16)13-24-9-11-28-12-10-24/h1-8H,9-14H2,(H,22,26). The first-order valence-corrected chi connectivity index (χ1v) is 9.36. The number of pyridine rings is 1. The second-order valence-corrected chi connectivity index (χ2v) is 6.71. The van der Waals surface area contributed by atoms with E-state index in [1.54, 1.807) is 24.4 Å². The number of carbonyl (C=O) groups is 1. The number of anilines is 1. The van der Waals surface area contributed by atoms with Crippen LogP contribution in [0.25, 0.3) is 11.5 Å². The Bertz CT molecular complexity index is 1010. The van der Waals surface area contributed by atoms with Gasteiger partial charge >= 0.3 is 5.76 Å². The molecular formula is C20H21N5O4. The Labute approximate surface area is 166 Å². The molecule has 3 aromatic rings. The highest BCUT2D eigenvalue weighted by Crippen LogP contribution is 2.14. The Morgan fingerprint density at radius 1 is 1.10 bits per heavy atom. The fourth-order valence-electron chi connectivity index (χ4n) is 3.14. The number of nitrogens with one attached hydrogen (secondary N) is 1. The molecule has 2 aromatic heterocycles. The van der Waals surface area contributed by atoms with E-state index in [4.69, 9.17) is 9.26 Å². The van der Waals surface area contributed by atoms with Gasteiger partial charge in [0.05, 0.1) is 13.2 Å². The minimum absolute atomic E-state index is 0.214. The van der Waals surface area contributed by atoms with Crippen LogP contribution >= 0.6 is 0 Å². The van der Waals surface area contributed by atoms with Crippen LogP contribution in [-0.4, -0.2) is 51.8 Å². The zero-order valence-corrected chi connectivity index (χ0v) is 15.8. The normalized spacial score (nSPS) is 14.6. The van der Waals surface area contributed by atoms with E-state index in [-0.39, 0.29) is 18.3 Å². The van der Waals surface area contributed by atoms with Gasteiger partial charge in [-0.1, -0.05) is 23.4 Å². The van der Waals surface area contributed by atoms with Crippen molar-refractivity contribution >= 4 is 11.6 Å². The maximum Gasteiger partial charge on any atom is 0.442 e. The average Bonchev–Trinajstić information content (AvgIpc) is 3.11. The Balaban J connectivity index is 1.39. The molecule has 1 aromatic carbocycles. The SMILES string of the molecule is O=C(Cn1c(-c2ccccn2)noc1=O)Nc1ccc(CN2CCOCC2)cc1. The highest BCUT2D eigenvalue weighted by Gasteiger charge is 2.17. The molecular weight excluding hydrogens is 374 g/mol. The van der Waals surface area contributed by atoms with Crippen molar-refractivity contribution in [3.05, 3.63) is 64.8 Å². The molecule has 0 atom stereocenters. The quantitative estimate of drug-likeness (QED) is 0.672. The number of rotatable bonds is 6. The minimum atomic E-state index is -0.707. The van der Waals surface area contributed by atoms with E-state index >= 15 is 0 Å². The van der Waals surface area contributed by atoms with Gasteiger partial charge in [0.15, 0.2) is 0 Å². The number of hydrogen-bond donors (Lipinski definition) is 1. The van der Waals surface area contributed by atoms with E-state index in [0.717, 1.165) is 43.0 Å². The van der Waals surface area contributed by atoms with E-state index in [9.17, 15) is 9.59 Å². The molecule has 0 radical (unpaired) electrons. The van der Waals surface area contributed by atoms with E-state index < -0.39 is 5.76 Å². The molecule has 150 valence electrons. The first kappa shape index (κ1) is 19.0. The molecule has 0 saturated carbocycles. The molecule has 3 heterocycles. The molecule has 0 spiro atoms. The number of carbonyl (C=O) groups excluding carboxylic acids is 1. The van der Waals surface area contributed by atoms with Crippen molar-refractivity contribution in [1.29, 1.82) is 0 Å². The number of aromatic nitrogens is 3. The molecule has 4 rings (SSSR count). The molecule has 1 amide bonds. The van der Waals surface area contributed by atoms with Gasteiger partial charge in [0.2, 0.25) is 11.7 Å². The monoisotopic (exact) mass is 395 g/mol. The topological polar surface area (TPSA) is 102 Å². The van der Waals surface area contributed by atoms with Crippen molar-refractivity contribution in [2.45, 2.75) is 13.1 Å². The molecule has 9 nitrogen and oxygen atoms in total. The number of amides is 1. The molecule has 29 heavy (non-hydrogen) atoms. The summed E-state index contributed by atoms with van der Waals surface area (Å²) in [6.45, 7) is 3.99. The summed E-state index contributed by atoms with van der Waals surface area (Å²) in [4.78, 5) is 30.9. The summed E-state index contributed by atoms with van der Waals surface area (Å²) in [6.07, 6.45) is 1.58. The summed E-state index contributed by atoms with van der Waals surface area (Å²) in [5.74, 6) is -0.846. The number of nitrogens with zero attached hydrogens (tertiary/aromatic N) is 4. The third kappa shape index (κ3) is 4.76. The fraction of sp³-hybridized carbons (Fsp3) is 0.300. The van der Waals surface area contributed by atoms with Gasteiger partial charge in [-0.15, -0.1) is 0 Å². The van der Waals surface area contributed by atoms with Crippen molar-refractivity contribution in [3.63, 3.8) is 0 Å². The van der Waals surface area contributed by atoms with Crippen LogP contribution in [0.2, 0.25) is 0 Å². The molecule has 0 bridgehead atoms. The third-order valence-corrected chi connectivity index (χ3v) is 4.63. The summed E-state index contributed by atoms with van der Waals surface area (Å²) >= 11 is 0. The highest BCUT2D eigenvalue weighted by molar-refractivity contribution is 5.90. The van der Waals surface area contributed by atoms with Crippen molar-refractivity contribution < 1.29 is 14.1 Å². The minimum Gasteiger partial charge on any atom is -0.379 e. The first-order chi connectivity index (χ1) is 14.2. The van der Waals surface area contributed by atoms with Gasteiger partial charge in [-0.3, -0.25) is 19.2 Å². The van der Waals surface area contributed by atoms with Crippen LogP contribution in [0.3, 0.4) is 0 Å². The Kier molecular flexibility index (Phi) is 5.78. The first-order valence-electron chi connectivity index (χ1n) is 9.36. The van der Waals surface area contributed by atoms with Gasteiger partial charge in [-0.2, -0.15) is 0 Å². The lowest BCUT2D eigenvalue weighted by molar-refractivity contribution is -0.116. The maximum absolute atomic E-state index is 12.4. The third-order valence-electron chi connectivity index (χ3n) is 4.63. The largest absolute Gasteiger partial charge is 0.442 e. The molecule has 0 aliphatic carbocycles. The van der Waals surface area contributed by atoms with Crippen LogP contribution in [0.5, 0.6) is 0 Å². The van der Waals surface area contributed by atoms with E-state index in [1.807, 2.05) is 24.3 Å². The summed E-state index contributed by atoms with van der Waals surface area (Å²) in [5, 5.41) is 6.53. The van der Waals surface area contributed by atoms with Gasteiger partial charge in [-0.05, 0) is 29.8 Å². The van der Waals surface area contributed by atoms with E-state index in [1.165, 1.54) is 0 Å². The van der Waals surface area contributed by atoms with E-state index in [2.05, 4.69) is 20.4 Å². The molecule has 1 saturated heterocycles. The Morgan fingerprint density at radius 3 is 2.62 bits per heavy atom. The molecule has 0 unspecified atom stereocenters. The van der Waals surface area contributed by atoms with Crippen molar-refractivity contribution in [3.8, 4) is 11.5 Å². The number of ether oxygens (including phenoxy) is 1. The summed E-state index contributed by atoms with van der Waals surface area (Å²) in [5.41, 5.74) is 2.28. The van der Waals surface area contributed by atoms with Gasteiger partial charge in [0.25, 0.3) is 0 Å². The van der Waals surface area contributed by atoms with Crippen LogP contribution in [0.15, 0.2) is 58.0 Å². The molecule has 1 N–H and O–H groups in total. The lowest BCUT2D eigenvalue weighted by Crippen LogP contribution is -2.35. The highest BCUT2D eigenvalue weighted by atomic mass is 16.5. The van der Waals surface area contributed by atoms with Crippen LogP contribution in [0.1, 0.15) is 5.56 Å². The molecule has 1 aliphatic rings. The lowest BCUT2D eigenvalue weighted by atomic mass is 10.2. The zero-order valence-electron chi connectivity index (χ0n) is 15.8. The maximum atomic E-state index is 12.4. The Morgan fingerprint density at radius 2 is 1.90 bits per heavy atom. The number of hydrogen-bond acceptors (Lipinski definition) is 7. The lowest BCUT2D eigenvalue weighted by Gasteiger charge is -2.26. The van der Waals surface area contributed by atoms with E-state index in [0.29, 0.717) is 11.4 Å². The molecule has 1 fully saturated rings. The fourth-order valence-corrected chi connectivity index (χ4v) is 3.14. The summed E-state index contributed by atoms with van der Waals surface area (Å²) in [7, 11) is 0. The van der Waals surface area contributed by atoms with Crippen LogP contribution < -0.4 is 11.1 Å². The summed E-state index contributed by atoms with van der Waals surface area (Å²) < 4.78 is 11.2.